The zero-order valence-corrected chi connectivity index (χ0v) is 13.1. The molecule has 0 amide bonds. The Kier molecular flexibility index (Phi) is 5.03. The molecule has 1 fully saturated rings. The van der Waals surface area contributed by atoms with Gasteiger partial charge in [-0.3, -0.25) is 9.98 Å². The lowest BCUT2D eigenvalue weighted by molar-refractivity contribution is 0.415. The number of anilines is 2. The zero-order valence-electron chi connectivity index (χ0n) is 13.1. The van der Waals surface area contributed by atoms with Crippen molar-refractivity contribution in [2.75, 3.05) is 29.9 Å². The average molecular weight is 310 g/mol. The molecule has 0 saturated carbocycles. The molecule has 1 aliphatic heterocycles. The van der Waals surface area contributed by atoms with Crippen LogP contribution in [-0.2, 0) is 0 Å². The van der Waals surface area contributed by atoms with Crippen LogP contribution >= 0.6 is 0 Å². The van der Waals surface area contributed by atoms with Gasteiger partial charge in [0.15, 0.2) is 5.96 Å². The van der Waals surface area contributed by atoms with E-state index < -0.39 is 0 Å². The van der Waals surface area contributed by atoms with Crippen LogP contribution < -0.4 is 16.0 Å². The number of rotatable bonds is 4. The van der Waals surface area contributed by atoms with Gasteiger partial charge in [0.2, 0.25) is 0 Å². The van der Waals surface area contributed by atoms with Gasteiger partial charge in [0.25, 0.3) is 0 Å². The summed E-state index contributed by atoms with van der Waals surface area (Å²) in [6, 6.07) is 9.78. The fourth-order valence-corrected chi connectivity index (χ4v) is 2.76. The van der Waals surface area contributed by atoms with Crippen LogP contribution in [0.5, 0.6) is 0 Å². The van der Waals surface area contributed by atoms with Gasteiger partial charge in [-0.15, -0.1) is 0 Å². The molecule has 1 aliphatic rings. The Bertz CT molecular complexity index is 620. The molecule has 0 aromatic carbocycles. The van der Waals surface area contributed by atoms with E-state index in [1.807, 2.05) is 30.6 Å². The van der Waals surface area contributed by atoms with Crippen LogP contribution in [0.2, 0.25) is 0 Å². The third-order valence-electron chi connectivity index (χ3n) is 4.08. The summed E-state index contributed by atoms with van der Waals surface area (Å²) in [4.78, 5) is 15.1. The maximum atomic E-state index is 5.92. The van der Waals surface area contributed by atoms with Gasteiger partial charge < -0.3 is 16.0 Å². The van der Waals surface area contributed by atoms with Gasteiger partial charge in [-0.25, -0.2) is 4.98 Å². The Labute approximate surface area is 136 Å². The molecule has 3 N–H and O–H groups in total. The van der Waals surface area contributed by atoms with E-state index in [4.69, 9.17) is 5.73 Å². The van der Waals surface area contributed by atoms with E-state index >= 15 is 0 Å². The highest BCUT2D eigenvalue weighted by Gasteiger charge is 2.19. The molecule has 0 spiro atoms. The molecule has 0 unspecified atom stereocenters. The minimum absolute atomic E-state index is 0.431. The van der Waals surface area contributed by atoms with Crippen molar-refractivity contribution < 1.29 is 0 Å². The van der Waals surface area contributed by atoms with Gasteiger partial charge in [0.1, 0.15) is 5.82 Å². The van der Waals surface area contributed by atoms with Crippen LogP contribution in [-0.4, -0.2) is 35.6 Å². The first-order chi connectivity index (χ1) is 11.3. The van der Waals surface area contributed by atoms with Crippen molar-refractivity contribution in [3.05, 3.63) is 48.9 Å². The fourth-order valence-electron chi connectivity index (χ4n) is 2.76. The third-order valence-corrected chi connectivity index (χ3v) is 4.08. The summed E-state index contributed by atoms with van der Waals surface area (Å²) < 4.78 is 0. The molecule has 1 saturated heterocycles. The number of pyridine rings is 2. The van der Waals surface area contributed by atoms with Crippen LogP contribution in [0, 0.1) is 5.92 Å². The summed E-state index contributed by atoms with van der Waals surface area (Å²) in [5, 5.41) is 3.02. The summed E-state index contributed by atoms with van der Waals surface area (Å²) in [7, 11) is 0. The fraction of sp³-hybridized carbons (Fsp3) is 0.353. The third kappa shape index (κ3) is 4.42. The van der Waals surface area contributed by atoms with Crippen molar-refractivity contribution in [1.29, 1.82) is 0 Å². The summed E-state index contributed by atoms with van der Waals surface area (Å²) >= 11 is 0. The first-order valence-electron chi connectivity index (χ1n) is 7.94. The largest absolute Gasteiger partial charge is 0.371 e. The number of nitrogens with one attached hydrogen (secondary N) is 1. The van der Waals surface area contributed by atoms with Crippen LogP contribution in [0.3, 0.4) is 0 Å². The molecule has 6 nitrogen and oxygen atoms in total. The van der Waals surface area contributed by atoms with Crippen LogP contribution in [0.1, 0.15) is 12.8 Å². The molecule has 6 heteroatoms. The second-order valence-corrected chi connectivity index (χ2v) is 5.70. The maximum absolute atomic E-state index is 5.92. The Morgan fingerprint density at radius 1 is 1.17 bits per heavy atom. The molecule has 0 radical (unpaired) electrons. The highest BCUT2D eigenvalue weighted by molar-refractivity contribution is 5.91. The monoisotopic (exact) mass is 310 g/mol. The minimum atomic E-state index is 0.431. The smallest absolute Gasteiger partial charge is 0.194 e. The number of nitrogens with two attached hydrogens (primary N) is 1. The zero-order chi connectivity index (χ0) is 15.9. The Hall–Kier alpha value is -2.63. The first-order valence-corrected chi connectivity index (χ1v) is 7.94. The molecule has 0 atom stereocenters. The van der Waals surface area contributed by atoms with E-state index in [9.17, 15) is 0 Å². The number of hydrogen-bond donors (Lipinski definition) is 2. The molecule has 0 aliphatic carbocycles. The summed E-state index contributed by atoms with van der Waals surface area (Å²) in [5.74, 6) is 1.73. The molecule has 2 aromatic rings. The topological polar surface area (TPSA) is 79.4 Å². The normalized spacial score (nSPS) is 16.3. The number of hydrogen-bond acceptors (Lipinski definition) is 4. The Morgan fingerprint density at radius 2 is 1.96 bits per heavy atom. The minimum Gasteiger partial charge on any atom is -0.371 e. The van der Waals surface area contributed by atoms with Crippen molar-refractivity contribution in [1.82, 2.24) is 9.97 Å². The van der Waals surface area contributed by atoms with Gasteiger partial charge in [0, 0.05) is 43.9 Å². The number of aliphatic imine (C=N–C) groups is 1. The summed E-state index contributed by atoms with van der Waals surface area (Å²) in [6.45, 7) is 2.87. The average Bonchev–Trinajstić information content (AvgIpc) is 2.62. The molecule has 120 valence electrons. The van der Waals surface area contributed by atoms with Crippen molar-refractivity contribution in [3.63, 3.8) is 0 Å². The van der Waals surface area contributed by atoms with Gasteiger partial charge in [0.05, 0.1) is 0 Å². The van der Waals surface area contributed by atoms with E-state index in [0.717, 1.165) is 38.3 Å². The van der Waals surface area contributed by atoms with E-state index in [-0.39, 0.29) is 0 Å². The second kappa shape index (κ2) is 7.58. The molecule has 2 aromatic heterocycles. The van der Waals surface area contributed by atoms with Gasteiger partial charge in [-0.1, -0.05) is 6.07 Å². The lowest BCUT2D eigenvalue weighted by Gasteiger charge is -2.32. The summed E-state index contributed by atoms with van der Waals surface area (Å²) in [6.07, 6.45) is 7.67. The van der Waals surface area contributed by atoms with Crippen LogP contribution in [0.15, 0.2) is 53.9 Å². The quantitative estimate of drug-likeness (QED) is 0.668. The first kappa shape index (κ1) is 15.3. The maximum Gasteiger partial charge on any atom is 0.194 e. The van der Waals surface area contributed by atoms with Crippen molar-refractivity contribution in [2.45, 2.75) is 12.8 Å². The standard InChI is InChI=1S/C17H22N6/c18-17(22-16-3-1-2-8-20-16)21-13-14-6-11-23(12-7-14)15-4-9-19-10-5-15/h1-5,8-10,14H,6-7,11-13H2,(H3,18,20,21,22). The van der Waals surface area contributed by atoms with Crippen molar-refractivity contribution in [3.8, 4) is 0 Å². The number of guanidine groups is 1. The highest BCUT2D eigenvalue weighted by atomic mass is 15.1. The lowest BCUT2D eigenvalue weighted by atomic mass is 9.97. The summed E-state index contributed by atoms with van der Waals surface area (Å²) in [5.41, 5.74) is 7.17. The molecular formula is C17H22N6. The van der Waals surface area contributed by atoms with Crippen LogP contribution in [0.25, 0.3) is 0 Å². The predicted octanol–water partition coefficient (Wildman–Crippen LogP) is 2.12. The lowest BCUT2D eigenvalue weighted by Crippen LogP contribution is -2.35. The molecule has 23 heavy (non-hydrogen) atoms. The molecule has 3 rings (SSSR count). The van der Waals surface area contributed by atoms with E-state index in [0.29, 0.717) is 11.9 Å². The van der Waals surface area contributed by atoms with Gasteiger partial charge >= 0.3 is 0 Å². The number of nitrogens with zero attached hydrogens (tertiary/aromatic N) is 4. The van der Waals surface area contributed by atoms with Crippen molar-refractivity contribution >= 4 is 17.5 Å². The van der Waals surface area contributed by atoms with E-state index in [2.05, 4.69) is 37.3 Å². The van der Waals surface area contributed by atoms with Gasteiger partial charge in [-0.2, -0.15) is 0 Å². The van der Waals surface area contributed by atoms with Crippen molar-refractivity contribution in [2.24, 2.45) is 16.6 Å². The van der Waals surface area contributed by atoms with Gasteiger partial charge in [-0.05, 0) is 43.0 Å². The Morgan fingerprint density at radius 3 is 2.65 bits per heavy atom. The second-order valence-electron chi connectivity index (χ2n) is 5.70. The van der Waals surface area contributed by atoms with E-state index in [1.54, 1.807) is 6.20 Å². The Balaban J connectivity index is 1.46. The SMILES string of the molecule is NC(=NCC1CCN(c2ccncc2)CC1)Nc1ccccn1. The molecule has 3 heterocycles. The van der Waals surface area contributed by atoms with Crippen LogP contribution in [0.4, 0.5) is 11.5 Å². The number of aromatic nitrogens is 2. The molecular weight excluding hydrogens is 288 g/mol. The highest BCUT2D eigenvalue weighted by Crippen LogP contribution is 2.22. The predicted molar refractivity (Wildman–Crippen MR) is 93.5 cm³/mol. The number of piperidine rings is 1. The van der Waals surface area contributed by atoms with E-state index in [1.165, 1.54) is 5.69 Å². The molecule has 0 bridgehead atoms.